The summed E-state index contributed by atoms with van der Waals surface area (Å²) in [4.78, 5) is 29.0. The van der Waals surface area contributed by atoms with Crippen molar-refractivity contribution in [1.82, 2.24) is 14.8 Å². The summed E-state index contributed by atoms with van der Waals surface area (Å²) in [5.74, 6) is 0.702. The van der Waals surface area contributed by atoms with E-state index in [4.69, 9.17) is 26.8 Å². The van der Waals surface area contributed by atoms with Crippen molar-refractivity contribution in [1.29, 1.82) is 0 Å². The maximum absolute atomic E-state index is 12.8. The number of carbonyl (C=O) groups excluding carboxylic acids is 2. The number of ether oxygens (including phenoxy) is 2. The predicted molar refractivity (Wildman–Crippen MR) is 143 cm³/mol. The highest BCUT2D eigenvalue weighted by Gasteiger charge is 2.20. The van der Waals surface area contributed by atoms with Gasteiger partial charge in [-0.3, -0.25) is 19.3 Å². The molecule has 1 amide bonds. The Kier molecular flexibility index (Phi) is 7.23. The summed E-state index contributed by atoms with van der Waals surface area (Å²) >= 11 is 6.52. The molecule has 0 atom stereocenters. The Balaban J connectivity index is 1.52. The Hall–Kier alpha value is -3.91. The molecule has 8 nitrogen and oxygen atoms in total. The molecular formula is C28H29ClN4O4. The Morgan fingerprint density at radius 1 is 1.05 bits per heavy atom. The zero-order chi connectivity index (χ0) is 26.9. The number of aromatic nitrogens is 3. The summed E-state index contributed by atoms with van der Waals surface area (Å²) < 4.78 is 13.1. The largest absolute Gasteiger partial charge is 0.496 e. The molecule has 2 aromatic carbocycles. The molecule has 0 saturated carbocycles. The molecule has 0 saturated heterocycles. The first-order chi connectivity index (χ1) is 17.5. The zero-order valence-electron chi connectivity index (χ0n) is 21.5. The third kappa shape index (κ3) is 5.75. The van der Waals surface area contributed by atoms with Crippen LogP contribution in [0.2, 0.25) is 5.02 Å². The molecule has 9 heteroatoms. The summed E-state index contributed by atoms with van der Waals surface area (Å²) in [5.41, 5.74) is 8.74. The van der Waals surface area contributed by atoms with Crippen LogP contribution < -0.4 is 15.2 Å². The van der Waals surface area contributed by atoms with E-state index < -0.39 is 5.91 Å². The molecule has 0 aliphatic heterocycles. The normalized spacial score (nSPS) is 11.5. The summed E-state index contributed by atoms with van der Waals surface area (Å²) in [7, 11) is 3.31. The van der Waals surface area contributed by atoms with Crippen LogP contribution in [0.4, 0.5) is 0 Å². The molecule has 37 heavy (non-hydrogen) atoms. The molecule has 192 valence electrons. The smallest absolute Gasteiger partial charge is 0.252 e. The van der Waals surface area contributed by atoms with Crippen LogP contribution in [0.1, 0.15) is 48.1 Å². The van der Waals surface area contributed by atoms with Gasteiger partial charge in [-0.2, -0.15) is 5.10 Å². The molecule has 2 N–H and O–H groups in total. The van der Waals surface area contributed by atoms with Gasteiger partial charge in [-0.05, 0) is 35.9 Å². The Bertz CT molecular complexity index is 1500. The van der Waals surface area contributed by atoms with Crippen LogP contribution in [0.25, 0.3) is 10.9 Å². The van der Waals surface area contributed by atoms with Crippen molar-refractivity contribution in [2.24, 2.45) is 12.8 Å². The van der Waals surface area contributed by atoms with Gasteiger partial charge in [0.25, 0.3) is 5.91 Å². The number of pyridine rings is 1. The number of carbonyl (C=O) groups is 2. The Morgan fingerprint density at radius 2 is 1.81 bits per heavy atom. The highest BCUT2D eigenvalue weighted by molar-refractivity contribution is 6.31. The molecule has 2 heterocycles. The lowest BCUT2D eigenvalue weighted by Gasteiger charge is -2.13. The maximum atomic E-state index is 12.8. The minimum absolute atomic E-state index is 0.0343. The summed E-state index contributed by atoms with van der Waals surface area (Å²) in [5, 5.41) is 5.56. The average Bonchev–Trinajstić information content (AvgIpc) is 3.20. The van der Waals surface area contributed by atoms with Gasteiger partial charge in [-0.15, -0.1) is 0 Å². The van der Waals surface area contributed by atoms with Crippen LogP contribution in [0.5, 0.6) is 17.2 Å². The van der Waals surface area contributed by atoms with Gasteiger partial charge in [0.1, 0.15) is 23.0 Å². The van der Waals surface area contributed by atoms with Crippen LogP contribution in [0.3, 0.4) is 0 Å². The van der Waals surface area contributed by atoms with E-state index in [9.17, 15) is 9.59 Å². The zero-order valence-corrected chi connectivity index (χ0v) is 22.2. The summed E-state index contributed by atoms with van der Waals surface area (Å²) in [6.45, 7) is 6.27. The quantitative estimate of drug-likeness (QED) is 0.343. The van der Waals surface area contributed by atoms with Crippen LogP contribution >= 0.6 is 11.6 Å². The molecular weight excluding hydrogens is 492 g/mol. The Labute approximate surface area is 220 Å². The molecule has 0 radical (unpaired) electrons. The second kappa shape index (κ2) is 10.2. The number of Topliss-reactive ketones (excluding diaryl/α,β-unsaturated/α-hetero) is 1. The molecule has 4 rings (SSSR count). The first kappa shape index (κ1) is 26.2. The topological polar surface area (TPSA) is 109 Å². The van der Waals surface area contributed by atoms with Gasteiger partial charge in [0.05, 0.1) is 23.9 Å². The molecule has 0 bridgehead atoms. The van der Waals surface area contributed by atoms with E-state index in [0.717, 1.165) is 11.4 Å². The first-order valence-electron chi connectivity index (χ1n) is 11.7. The van der Waals surface area contributed by atoms with Crippen molar-refractivity contribution in [3.8, 4) is 17.2 Å². The van der Waals surface area contributed by atoms with Crippen LogP contribution in [0, 0.1) is 0 Å². The van der Waals surface area contributed by atoms with Gasteiger partial charge in [0.2, 0.25) is 0 Å². The van der Waals surface area contributed by atoms with Crippen molar-refractivity contribution < 1.29 is 19.1 Å². The number of fused-ring (bicyclic) bond motifs is 1. The number of rotatable bonds is 8. The lowest BCUT2D eigenvalue weighted by Crippen LogP contribution is -2.12. The van der Waals surface area contributed by atoms with E-state index in [0.29, 0.717) is 38.7 Å². The number of nitrogens with zero attached hydrogens (tertiary/aromatic N) is 3. The van der Waals surface area contributed by atoms with Gasteiger partial charge >= 0.3 is 0 Å². The number of nitrogens with two attached hydrogens (primary N) is 1. The first-order valence-corrected chi connectivity index (χ1v) is 12.1. The van der Waals surface area contributed by atoms with Crippen LogP contribution in [-0.2, 0) is 30.1 Å². The molecule has 0 spiro atoms. The Morgan fingerprint density at radius 3 is 2.43 bits per heavy atom. The van der Waals surface area contributed by atoms with E-state index in [1.807, 2.05) is 13.1 Å². The number of benzene rings is 2. The van der Waals surface area contributed by atoms with E-state index in [1.54, 1.807) is 47.3 Å². The number of amides is 1. The molecule has 4 aromatic rings. The van der Waals surface area contributed by atoms with E-state index >= 15 is 0 Å². The minimum atomic E-state index is -0.619. The van der Waals surface area contributed by atoms with E-state index in [2.05, 4.69) is 30.9 Å². The van der Waals surface area contributed by atoms with Crippen molar-refractivity contribution in [3.05, 3.63) is 76.2 Å². The molecule has 0 aliphatic carbocycles. The number of ketones is 1. The molecule has 0 aliphatic rings. The lowest BCUT2D eigenvalue weighted by atomic mass is 9.92. The highest BCUT2D eigenvalue weighted by Crippen LogP contribution is 2.34. The minimum Gasteiger partial charge on any atom is -0.496 e. The number of hydrogen-bond acceptors (Lipinski definition) is 6. The monoisotopic (exact) mass is 520 g/mol. The standard InChI is InChI=1S/C28H29ClN4O4/c1-28(2,3)26-12-17(33(4)32-26)11-18(34)10-16-6-7-19(13-22(16)29)37-24-8-9-31-23-15-25(36-5)21(27(30)35)14-20(23)24/h6-9,12-15H,10-11H2,1-5H3,(H2,30,35). The van der Waals surface area contributed by atoms with Crippen molar-refractivity contribution >= 4 is 34.2 Å². The predicted octanol–water partition coefficient (Wildman–Crippen LogP) is 5.17. The number of halogens is 1. The van der Waals surface area contributed by atoms with Gasteiger partial charge in [-0.1, -0.05) is 38.4 Å². The van der Waals surface area contributed by atoms with Gasteiger partial charge < -0.3 is 15.2 Å². The van der Waals surface area contributed by atoms with Crippen molar-refractivity contribution in [2.75, 3.05) is 7.11 Å². The second-order valence-corrected chi connectivity index (χ2v) is 10.3. The molecule has 0 fully saturated rings. The van der Waals surface area contributed by atoms with Gasteiger partial charge in [-0.25, -0.2) is 0 Å². The third-order valence-electron chi connectivity index (χ3n) is 6.05. The average molecular weight is 521 g/mol. The molecule has 2 aromatic heterocycles. The fourth-order valence-electron chi connectivity index (χ4n) is 3.98. The number of primary amides is 1. The highest BCUT2D eigenvalue weighted by atomic mass is 35.5. The number of hydrogen-bond donors (Lipinski definition) is 1. The van der Waals surface area contributed by atoms with Gasteiger partial charge in [0.15, 0.2) is 0 Å². The fourth-order valence-corrected chi connectivity index (χ4v) is 4.21. The third-order valence-corrected chi connectivity index (χ3v) is 6.40. The lowest BCUT2D eigenvalue weighted by molar-refractivity contribution is -0.117. The maximum Gasteiger partial charge on any atom is 0.252 e. The summed E-state index contributed by atoms with van der Waals surface area (Å²) in [6.07, 6.45) is 2.05. The van der Waals surface area contributed by atoms with Crippen LogP contribution in [0.15, 0.2) is 48.7 Å². The summed E-state index contributed by atoms with van der Waals surface area (Å²) in [6, 6.07) is 12.1. The number of methoxy groups -OCH3 is 1. The second-order valence-electron chi connectivity index (χ2n) is 9.89. The fraction of sp³-hybridized carbons (Fsp3) is 0.286. The number of aryl methyl sites for hydroxylation is 1. The van der Waals surface area contributed by atoms with Crippen molar-refractivity contribution in [3.63, 3.8) is 0 Å². The SMILES string of the molecule is COc1cc2nccc(Oc3ccc(CC(=O)Cc4cc(C(C)(C)C)nn4C)c(Cl)c3)c2cc1C(N)=O. The van der Waals surface area contributed by atoms with E-state index in [1.165, 1.54) is 7.11 Å². The van der Waals surface area contributed by atoms with Gasteiger partial charge in [0, 0.05) is 53.7 Å². The van der Waals surface area contributed by atoms with E-state index in [-0.39, 0.29) is 29.6 Å². The van der Waals surface area contributed by atoms with Crippen molar-refractivity contribution in [2.45, 2.75) is 39.0 Å². The van der Waals surface area contributed by atoms with Crippen LogP contribution in [-0.4, -0.2) is 33.6 Å². The molecule has 0 unspecified atom stereocenters.